The first-order valence-electron chi connectivity index (χ1n) is 6.74. The molecule has 0 aromatic rings. The van der Waals surface area contributed by atoms with Crippen molar-refractivity contribution in [2.24, 2.45) is 11.3 Å². The first-order valence-corrected chi connectivity index (χ1v) is 6.74. The van der Waals surface area contributed by atoms with Crippen LogP contribution >= 0.6 is 0 Å². The van der Waals surface area contributed by atoms with E-state index in [0.717, 1.165) is 18.5 Å². The van der Waals surface area contributed by atoms with Gasteiger partial charge in [-0.3, -0.25) is 0 Å². The van der Waals surface area contributed by atoms with Gasteiger partial charge in [0.2, 0.25) is 0 Å². The van der Waals surface area contributed by atoms with Crippen LogP contribution in [0.2, 0.25) is 0 Å². The van der Waals surface area contributed by atoms with Crippen molar-refractivity contribution in [2.75, 3.05) is 20.1 Å². The van der Waals surface area contributed by atoms with Crippen LogP contribution in [0.5, 0.6) is 0 Å². The zero-order valence-electron chi connectivity index (χ0n) is 12.0. The third-order valence-electron chi connectivity index (χ3n) is 3.72. The SMILES string of the molecule is CC(C)CC(C)(C)CNC1CC(C)N(C)C1. The summed E-state index contributed by atoms with van der Waals surface area (Å²) in [7, 11) is 2.23. The molecular weight excluding hydrogens is 196 g/mol. The Kier molecular flexibility index (Phi) is 4.81. The van der Waals surface area contributed by atoms with E-state index < -0.39 is 0 Å². The summed E-state index contributed by atoms with van der Waals surface area (Å²) in [6.45, 7) is 14.1. The predicted octanol–water partition coefficient (Wildman–Crippen LogP) is 2.74. The van der Waals surface area contributed by atoms with Crippen LogP contribution in [-0.4, -0.2) is 37.1 Å². The van der Waals surface area contributed by atoms with Crippen LogP contribution in [-0.2, 0) is 0 Å². The second-order valence-corrected chi connectivity index (χ2v) is 6.86. The predicted molar refractivity (Wildman–Crippen MR) is 71.7 cm³/mol. The Hall–Kier alpha value is -0.0800. The number of hydrogen-bond acceptors (Lipinski definition) is 2. The third-order valence-corrected chi connectivity index (χ3v) is 3.72. The van der Waals surface area contributed by atoms with E-state index in [2.05, 4.69) is 51.9 Å². The first kappa shape index (κ1) is 14.0. The molecule has 0 aromatic carbocycles. The van der Waals surface area contributed by atoms with Crippen molar-refractivity contribution >= 4 is 0 Å². The Balaban J connectivity index is 2.29. The molecule has 0 saturated carbocycles. The molecule has 1 N–H and O–H groups in total. The number of likely N-dealkylation sites (N-methyl/N-ethyl adjacent to an activating group) is 1. The normalized spacial score (nSPS) is 27.9. The van der Waals surface area contributed by atoms with Gasteiger partial charge in [0.05, 0.1) is 0 Å². The molecule has 0 spiro atoms. The average molecular weight is 226 g/mol. The fourth-order valence-electron chi connectivity index (χ4n) is 2.94. The zero-order chi connectivity index (χ0) is 12.3. The molecule has 2 nitrogen and oxygen atoms in total. The van der Waals surface area contributed by atoms with E-state index in [1.807, 2.05) is 0 Å². The highest BCUT2D eigenvalue weighted by Crippen LogP contribution is 2.25. The van der Waals surface area contributed by atoms with Crippen molar-refractivity contribution in [1.29, 1.82) is 0 Å². The quantitative estimate of drug-likeness (QED) is 0.775. The van der Waals surface area contributed by atoms with Crippen LogP contribution < -0.4 is 5.32 Å². The van der Waals surface area contributed by atoms with E-state index in [9.17, 15) is 0 Å². The lowest BCUT2D eigenvalue weighted by Crippen LogP contribution is -2.38. The molecule has 16 heavy (non-hydrogen) atoms. The van der Waals surface area contributed by atoms with E-state index in [1.165, 1.54) is 19.4 Å². The van der Waals surface area contributed by atoms with E-state index >= 15 is 0 Å². The van der Waals surface area contributed by atoms with Crippen LogP contribution in [0.4, 0.5) is 0 Å². The van der Waals surface area contributed by atoms with Gasteiger partial charge < -0.3 is 10.2 Å². The standard InChI is InChI=1S/C14H30N2/c1-11(2)8-14(4,5)10-15-13-7-12(3)16(6)9-13/h11-13,15H,7-10H2,1-6H3. The van der Waals surface area contributed by atoms with Crippen molar-refractivity contribution in [2.45, 2.75) is 59.5 Å². The highest BCUT2D eigenvalue weighted by molar-refractivity contribution is 4.86. The van der Waals surface area contributed by atoms with Gasteiger partial charge in [-0.2, -0.15) is 0 Å². The molecule has 1 rings (SSSR count). The molecular formula is C14H30N2. The molecule has 0 bridgehead atoms. The van der Waals surface area contributed by atoms with Gasteiger partial charge in [-0.25, -0.2) is 0 Å². The molecule has 2 heteroatoms. The van der Waals surface area contributed by atoms with Gasteiger partial charge in [-0.1, -0.05) is 27.7 Å². The Morgan fingerprint density at radius 2 is 2.00 bits per heavy atom. The monoisotopic (exact) mass is 226 g/mol. The van der Waals surface area contributed by atoms with Gasteiger partial charge in [0, 0.05) is 25.2 Å². The zero-order valence-corrected chi connectivity index (χ0v) is 12.0. The lowest BCUT2D eigenvalue weighted by Gasteiger charge is -2.28. The summed E-state index contributed by atoms with van der Waals surface area (Å²) in [5.41, 5.74) is 0.429. The van der Waals surface area contributed by atoms with E-state index in [-0.39, 0.29) is 0 Å². The fraction of sp³-hybridized carbons (Fsp3) is 1.00. The van der Waals surface area contributed by atoms with Crippen LogP contribution in [0.1, 0.15) is 47.5 Å². The Morgan fingerprint density at radius 3 is 2.44 bits per heavy atom. The van der Waals surface area contributed by atoms with Gasteiger partial charge in [0.1, 0.15) is 0 Å². The summed E-state index contributed by atoms with van der Waals surface area (Å²) in [5, 5.41) is 3.75. The van der Waals surface area contributed by atoms with Crippen molar-refractivity contribution < 1.29 is 0 Å². The molecule has 1 heterocycles. The highest BCUT2D eigenvalue weighted by atomic mass is 15.2. The van der Waals surface area contributed by atoms with Gasteiger partial charge in [-0.15, -0.1) is 0 Å². The summed E-state index contributed by atoms with van der Waals surface area (Å²) in [6.07, 6.45) is 2.60. The minimum absolute atomic E-state index is 0.429. The van der Waals surface area contributed by atoms with Gasteiger partial charge >= 0.3 is 0 Å². The molecule has 0 aliphatic carbocycles. The molecule has 96 valence electrons. The van der Waals surface area contributed by atoms with Crippen molar-refractivity contribution in [3.05, 3.63) is 0 Å². The molecule has 1 aliphatic rings. The summed E-state index contributed by atoms with van der Waals surface area (Å²) >= 11 is 0. The largest absolute Gasteiger partial charge is 0.312 e. The summed E-state index contributed by atoms with van der Waals surface area (Å²) in [5.74, 6) is 0.793. The smallest absolute Gasteiger partial charge is 0.0210 e. The fourth-order valence-corrected chi connectivity index (χ4v) is 2.94. The maximum atomic E-state index is 3.75. The molecule has 0 radical (unpaired) electrons. The van der Waals surface area contributed by atoms with E-state index in [4.69, 9.17) is 0 Å². The van der Waals surface area contributed by atoms with Gasteiger partial charge in [0.15, 0.2) is 0 Å². The van der Waals surface area contributed by atoms with Crippen LogP contribution in [0.25, 0.3) is 0 Å². The van der Waals surface area contributed by atoms with E-state index in [1.54, 1.807) is 0 Å². The minimum Gasteiger partial charge on any atom is -0.312 e. The number of likely N-dealkylation sites (tertiary alicyclic amines) is 1. The van der Waals surface area contributed by atoms with Crippen molar-refractivity contribution in [3.8, 4) is 0 Å². The first-order chi connectivity index (χ1) is 7.30. The molecule has 0 aromatic heterocycles. The van der Waals surface area contributed by atoms with Crippen LogP contribution in [0, 0.1) is 11.3 Å². The second-order valence-electron chi connectivity index (χ2n) is 6.86. The van der Waals surface area contributed by atoms with Gasteiger partial charge in [0.25, 0.3) is 0 Å². The van der Waals surface area contributed by atoms with Gasteiger partial charge in [-0.05, 0) is 38.1 Å². The molecule has 1 saturated heterocycles. The number of nitrogens with zero attached hydrogens (tertiary/aromatic N) is 1. The van der Waals surface area contributed by atoms with Crippen LogP contribution in [0.3, 0.4) is 0 Å². The molecule has 2 atom stereocenters. The third kappa shape index (κ3) is 4.42. The second kappa shape index (κ2) is 5.50. The lowest BCUT2D eigenvalue weighted by molar-refractivity contribution is 0.260. The maximum absolute atomic E-state index is 3.75. The lowest BCUT2D eigenvalue weighted by atomic mass is 9.84. The molecule has 2 unspecified atom stereocenters. The maximum Gasteiger partial charge on any atom is 0.0210 e. The number of nitrogens with one attached hydrogen (secondary N) is 1. The number of hydrogen-bond donors (Lipinski definition) is 1. The molecule has 1 aliphatic heterocycles. The Morgan fingerprint density at radius 1 is 1.38 bits per heavy atom. The van der Waals surface area contributed by atoms with Crippen molar-refractivity contribution in [3.63, 3.8) is 0 Å². The highest BCUT2D eigenvalue weighted by Gasteiger charge is 2.27. The Labute approximate surface area is 102 Å². The van der Waals surface area contributed by atoms with Crippen LogP contribution in [0.15, 0.2) is 0 Å². The topological polar surface area (TPSA) is 15.3 Å². The minimum atomic E-state index is 0.429. The Bertz CT molecular complexity index is 201. The summed E-state index contributed by atoms with van der Waals surface area (Å²) in [4.78, 5) is 2.45. The average Bonchev–Trinajstić information content (AvgIpc) is 2.41. The molecule has 0 amide bonds. The summed E-state index contributed by atoms with van der Waals surface area (Å²) < 4.78 is 0. The summed E-state index contributed by atoms with van der Waals surface area (Å²) in [6, 6.07) is 1.44. The van der Waals surface area contributed by atoms with Crippen molar-refractivity contribution in [1.82, 2.24) is 10.2 Å². The molecule has 1 fully saturated rings. The number of rotatable bonds is 5. The van der Waals surface area contributed by atoms with E-state index in [0.29, 0.717) is 11.5 Å².